The number of carbonyl (C=O) groups excluding carboxylic acids is 3. The molecule has 4 rings (SSSR count). The lowest BCUT2D eigenvalue weighted by molar-refractivity contribution is -0.153. The van der Waals surface area contributed by atoms with Crippen LogP contribution in [-0.4, -0.2) is 35.8 Å². The average molecular weight is 473 g/mol. The fourth-order valence-corrected chi connectivity index (χ4v) is 8.00. The number of hydrogen-bond donors (Lipinski definition) is 0. The normalized spacial score (nSPS) is 42.0. The van der Waals surface area contributed by atoms with E-state index in [2.05, 4.69) is 40.7 Å². The van der Waals surface area contributed by atoms with Crippen molar-refractivity contribution in [2.75, 3.05) is 0 Å². The quantitative estimate of drug-likeness (QED) is 0.239. The molecule has 34 heavy (non-hydrogen) atoms. The molecule has 4 aliphatic rings. The molecule has 0 radical (unpaired) electrons. The maximum Gasteiger partial charge on any atom is 0.302 e. The zero-order valence-corrected chi connectivity index (χ0v) is 22.0. The van der Waals surface area contributed by atoms with E-state index in [0.29, 0.717) is 43.4 Å². The summed E-state index contributed by atoms with van der Waals surface area (Å²) in [7, 11) is 0. The molecule has 1 saturated heterocycles. The van der Waals surface area contributed by atoms with Gasteiger partial charge in [-0.3, -0.25) is 9.59 Å². The van der Waals surface area contributed by atoms with Crippen molar-refractivity contribution >= 4 is 18.0 Å². The summed E-state index contributed by atoms with van der Waals surface area (Å²) in [5.41, 5.74) is -0.398. The number of rotatable bonds is 9. The van der Waals surface area contributed by atoms with Crippen molar-refractivity contribution in [2.45, 2.75) is 117 Å². The molecule has 0 aromatic carbocycles. The van der Waals surface area contributed by atoms with Gasteiger partial charge in [-0.25, -0.2) is 0 Å². The maximum absolute atomic E-state index is 14.1. The van der Waals surface area contributed by atoms with E-state index in [9.17, 15) is 14.4 Å². The number of epoxide rings is 1. The van der Waals surface area contributed by atoms with E-state index in [-0.39, 0.29) is 35.3 Å². The van der Waals surface area contributed by atoms with Gasteiger partial charge in [0.2, 0.25) is 0 Å². The fraction of sp³-hybridized carbons (Fsp3) is 0.828. The summed E-state index contributed by atoms with van der Waals surface area (Å²) in [5, 5.41) is 0. The van der Waals surface area contributed by atoms with Gasteiger partial charge < -0.3 is 14.3 Å². The summed E-state index contributed by atoms with van der Waals surface area (Å²) in [4.78, 5) is 37.5. The first kappa shape index (κ1) is 25.6. The van der Waals surface area contributed by atoms with E-state index in [1.807, 2.05) is 0 Å². The predicted octanol–water partition coefficient (Wildman–Crippen LogP) is 5.84. The lowest BCUT2D eigenvalue weighted by Crippen LogP contribution is -2.54. The topological polar surface area (TPSA) is 73.0 Å². The monoisotopic (exact) mass is 472 g/mol. The Morgan fingerprint density at radius 1 is 1.21 bits per heavy atom. The second kappa shape index (κ2) is 9.19. The number of esters is 1. The number of allylic oxidation sites excluding steroid dienone is 1. The third-order valence-electron chi connectivity index (χ3n) is 10.0. The standard InChI is InChI=1S/C29H44O5/c1-18(2)8-7-9-19(3)23-10-11-24(27(23,5)14-15-30)22-16-25-29(34-25)17-21(33-20(4)31)12-13-28(29,6)26(22)32/h15-16,18-19,21,23-25H,7-14,17H2,1-6H3/t19-,21+,23-,24+,25+,27-,28-,29+/m1/s1. The zero-order chi connectivity index (χ0) is 24.9. The van der Waals surface area contributed by atoms with E-state index >= 15 is 0 Å². The number of Topliss-reactive ketones (excluding diaryl/α,β-unsaturated/α-hetero) is 1. The molecule has 3 aliphatic carbocycles. The van der Waals surface area contributed by atoms with Crippen molar-refractivity contribution in [1.29, 1.82) is 0 Å². The summed E-state index contributed by atoms with van der Waals surface area (Å²) >= 11 is 0. The van der Waals surface area contributed by atoms with Crippen LogP contribution in [0.2, 0.25) is 0 Å². The van der Waals surface area contributed by atoms with Crippen molar-refractivity contribution < 1.29 is 23.9 Å². The highest BCUT2D eigenvalue weighted by atomic mass is 16.6. The summed E-state index contributed by atoms with van der Waals surface area (Å²) in [6.45, 7) is 12.6. The molecule has 2 saturated carbocycles. The Kier molecular flexibility index (Phi) is 6.92. The number of hydrogen-bond acceptors (Lipinski definition) is 5. The highest BCUT2D eigenvalue weighted by Crippen LogP contribution is 2.66. The molecule has 190 valence electrons. The van der Waals surface area contributed by atoms with E-state index in [4.69, 9.17) is 9.47 Å². The average Bonchev–Trinajstić information content (AvgIpc) is 3.34. The van der Waals surface area contributed by atoms with Crippen molar-refractivity contribution in [1.82, 2.24) is 0 Å². The number of ether oxygens (including phenoxy) is 2. The molecule has 1 aliphatic heterocycles. The molecule has 5 nitrogen and oxygen atoms in total. The van der Waals surface area contributed by atoms with Gasteiger partial charge in [-0.05, 0) is 73.3 Å². The van der Waals surface area contributed by atoms with E-state index in [1.54, 1.807) is 0 Å². The van der Waals surface area contributed by atoms with Gasteiger partial charge in [-0.2, -0.15) is 0 Å². The summed E-state index contributed by atoms with van der Waals surface area (Å²) in [6.07, 6.45) is 11.0. The van der Waals surface area contributed by atoms with Crippen LogP contribution in [0.4, 0.5) is 0 Å². The van der Waals surface area contributed by atoms with Crippen LogP contribution in [0, 0.1) is 34.5 Å². The van der Waals surface area contributed by atoms with Crippen LogP contribution in [0.1, 0.15) is 99.3 Å². The zero-order valence-electron chi connectivity index (χ0n) is 22.0. The van der Waals surface area contributed by atoms with Gasteiger partial charge in [-0.1, -0.05) is 47.0 Å². The lowest BCUT2D eigenvalue weighted by Gasteiger charge is -2.46. The summed E-state index contributed by atoms with van der Waals surface area (Å²) in [6, 6.07) is 0. The van der Waals surface area contributed by atoms with Crippen LogP contribution in [0.5, 0.6) is 0 Å². The van der Waals surface area contributed by atoms with E-state index in [0.717, 1.165) is 24.7 Å². The second-order valence-electron chi connectivity index (χ2n) is 12.6. The molecule has 1 spiro atoms. The molecule has 0 aromatic rings. The smallest absolute Gasteiger partial charge is 0.302 e. The Labute approximate surface area is 205 Å². The van der Waals surface area contributed by atoms with Crippen LogP contribution in [0.3, 0.4) is 0 Å². The number of aldehydes is 1. The summed E-state index contributed by atoms with van der Waals surface area (Å²) in [5.74, 6) is 1.74. The van der Waals surface area contributed by atoms with Gasteiger partial charge in [0, 0.05) is 19.8 Å². The largest absolute Gasteiger partial charge is 0.462 e. The van der Waals surface area contributed by atoms with E-state index < -0.39 is 11.0 Å². The van der Waals surface area contributed by atoms with Crippen molar-refractivity contribution in [2.24, 2.45) is 34.5 Å². The van der Waals surface area contributed by atoms with Crippen LogP contribution in [-0.2, 0) is 23.9 Å². The van der Waals surface area contributed by atoms with Gasteiger partial charge in [0.15, 0.2) is 5.78 Å². The lowest BCUT2D eigenvalue weighted by atomic mass is 9.55. The molecule has 0 unspecified atom stereocenters. The van der Waals surface area contributed by atoms with Gasteiger partial charge in [0.05, 0.1) is 5.41 Å². The number of ketones is 1. The second-order valence-corrected chi connectivity index (χ2v) is 12.6. The highest BCUT2D eigenvalue weighted by Gasteiger charge is 2.74. The molecular formula is C29H44O5. The van der Waals surface area contributed by atoms with Crippen LogP contribution in [0.15, 0.2) is 11.6 Å². The van der Waals surface area contributed by atoms with Crippen LogP contribution in [0.25, 0.3) is 0 Å². The Balaban J connectivity index is 1.56. The van der Waals surface area contributed by atoms with Crippen molar-refractivity contribution in [3.8, 4) is 0 Å². The van der Waals surface area contributed by atoms with Gasteiger partial charge in [-0.15, -0.1) is 0 Å². The van der Waals surface area contributed by atoms with Crippen molar-refractivity contribution in [3.63, 3.8) is 0 Å². The van der Waals surface area contributed by atoms with Crippen LogP contribution >= 0.6 is 0 Å². The Hall–Kier alpha value is -1.49. The first-order chi connectivity index (χ1) is 16.0. The first-order valence-electron chi connectivity index (χ1n) is 13.5. The molecule has 1 heterocycles. The van der Waals surface area contributed by atoms with Crippen molar-refractivity contribution in [3.05, 3.63) is 11.6 Å². The molecule has 0 N–H and O–H groups in total. The maximum atomic E-state index is 14.1. The summed E-state index contributed by atoms with van der Waals surface area (Å²) < 4.78 is 11.8. The Morgan fingerprint density at radius 3 is 2.59 bits per heavy atom. The minimum absolute atomic E-state index is 0.0912. The molecular weight excluding hydrogens is 428 g/mol. The molecule has 0 aromatic heterocycles. The molecule has 0 amide bonds. The molecule has 5 heteroatoms. The predicted molar refractivity (Wildman–Crippen MR) is 131 cm³/mol. The fourth-order valence-electron chi connectivity index (χ4n) is 8.00. The third kappa shape index (κ3) is 4.10. The Bertz CT molecular complexity index is 861. The van der Waals surface area contributed by atoms with Gasteiger partial charge >= 0.3 is 5.97 Å². The molecule has 3 fully saturated rings. The van der Waals surface area contributed by atoms with Crippen LogP contribution < -0.4 is 0 Å². The minimum atomic E-state index is -0.582. The molecule has 0 bridgehead atoms. The van der Waals surface area contributed by atoms with E-state index in [1.165, 1.54) is 26.2 Å². The van der Waals surface area contributed by atoms with Gasteiger partial charge in [0.25, 0.3) is 0 Å². The SMILES string of the molecule is CC(=O)O[C@H]1CC[C@]2(C)C(=O)C([C@@H]3CC[C@H]([C@H](C)CCCC(C)C)[C@@]3(C)CC=O)=C[C@@H]3O[C@@]32C1. The number of carbonyl (C=O) groups is 3. The molecule has 8 atom stereocenters. The Morgan fingerprint density at radius 2 is 1.94 bits per heavy atom. The minimum Gasteiger partial charge on any atom is -0.462 e. The third-order valence-corrected chi connectivity index (χ3v) is 10.0. The highest BCUT2D eigenvalue weighted by molar-refractivity contribution is 6.03. The van der Waals surface area contributed by atoms with Gasteiger partial charge in [0.1, 0.15) is 24.1 Å². The first-order valence-corrected chi connectivity index (χ1v) is 13.5.